The van der Waals surface area contributed by atoms with Crippen LogP contribution in [0.25, 0.3) is 0 Å². The first-order chi connectivity index (χ1) is 6.30. The number of rotatable bonds is 1. The molecule has 0 fully saturated rings. The van der Waals surface area contributed by atoms with E-state index in [9.17, 15) is 4.79 Å². The molecule has 0 spiro atoms. The van der Waals surface area contributed by atoms with Gasteiger partial charge in [0.25, 0.3) is 0 Å². The summed E-state index contributed by atoms with van der Waals surface area (Å²) < 4.78 is 4.51. The van der Waals surface area contributed by atoms with Gasteiger partial charge in [-0.05, 0) is 0 Å². The Hall–Kier alpha value is -0.450. The predicted molar refractivity (Wildman–Crippen MR) is 53.8 cm³/mol. The van der Waals surface area contributed by atoms with Crippen LogP contribution < -0.4 is 4.74 Å². The van der Waals surface area contributed by atoms with E-state index in [0.717, 1.165) is 0 Å². The van der Waals surface area contributed by atoms with Crippen molar-refractivity contribution < 1.29 is 9.53 Å². The van der Waals surface area contributed by atoms with Gasteiger partial charge in [0.15, 0.2) is 11.4 Å². The van der Waals surface area contributed by atoms with Crippen molar-refractivity contribution in [3.63, 3.8) is 0 Å². The lowest BCUT2D eigenvalue weighted by atomic mass is 10.4. The molecule has 0 saturated heterocycles. The van der Waals surface area contributed by atoms with Crippen LogP contribution in [0.4, 0.5) is 0 Å². The summed E-state index contributed by atoms with van der Waals surface area (Å²) in [6.07, 6.45) is 1.46. The Morgan fingerprint density at radius 3 is 2.57 bits per heavy atom. The van der Waals surface area contributed by atoms with Crippen molar-refractivity contribution in [2.24, 2.45) is 7.05 Å². The quantitative estimate of drug-likeness (QED) is 0.572. The molecular formula is C7H7Cl3N2O2. The van der Waals surface area contributed by atoms with Crippen molar-refractivity contribution in [1.82, 2.24) is 9.78 Å². The highest BCUT2D eigenvalue weighted by molar-refractivity contribution is 6.66. The smallest absolute Gasteiger partial charge is 0.308 e. The van der Waals surface area contributed by atoms with Crippen molar-refractivity contribution in [3.8, 4) is 5.75 Å². The first-order valence-electron chi connectivity index (χ1n) is 3.60. The molecule has 0 aliphatic rings. The van der Waals surface area contributed by atoms with Gasteiger partial charge in [-0.3, -0.25) is 9.48 Å². The van der Waals surface area contributed by atoms with Crippen LogP contribution in [0.2, 0.25) is 0 Å². The minimum atomic E-state index is -1.70. The molecule has 0 bridgehead atoms. The second-order valence-electron chi connectivity index (χ2n) is 2.61. The van der Waals surface area contributed by atoms with E-state index >= 15 is 0 Å². The molecule has 1 aromatic heterocycles. The van der Waals surface area contributed by atoms with Crippen molar-refractivity contribution in [2.45, 2.75) is 10.7 Å². The molecular weight excluding hydrogens is 250 g/mol. The third kappa shape index (κ3) is 2.77. The van der Waals surface area contributed by atoms with Gasteiger partial charge in [0.1, 0.15) is 0 Å². The lowest BCUT2D eigenvalue weighted by Gasteiger charge is -2.08. The lowest BCUT2D eigenvalue weighted by molar-refractivity contribution is -0.131. The lowest BCUT2D eigenvalue weighted by Crippen LogP contribution is -2.08. The van der Waals surface area contributed by atoms with E-state index in [2.05, 4.69) is 5.10 Å². The van der Waals surface area contributed by atoms with Gasteiger partial charge in [0, 0.05) is 14.0 Å². The molecule has 1 rings (SSSR count). The van der Waals surface area contributed by atoms with Gasteiger partial charge < -0.3 is 4.74 Å². The van der Waals surface area contributed by atoms with Gasteiger partial charge >= 0.3 is 5.97 Å². The molecule has 1 heterocycles. The number of hydrogen-bond acceptors (Lipinski definition) is 3. The van der Waals surface area contributed by atoms with E-state index in [1.165, 1.54) is 17.8 Å². The number of alkyl halides is 3. The summed E-state index contributed by atoms with van der Waals surface area (Å²) in [4.78, 5) is 10.7. The Morgan fingerprint density at radius 2 is 2.14 bits per heavy atom. The number of nitrogens with zero attached hydrogens (tertiary/aromatic N) is 2. The molecule has 0 unspecified atom stereocenters. The third-order valence-electron chi connectivity index (χ3n) is 1.32. The maximum Gasteiger partial charge on any atom is 0.308 e. The summed E-state index contributed by atoms with van der Waals surface area (Å²) in [6.45, 7) is 1.26. The summed E-state index contributed by atoms with van der Waals surface area (Å²) >= 11 is 16.9. The Balaban J connectivity index is 3.09. The van der Waals surface area contributed by atoms with Gasteiger partial charge in [-0.15, -0.1) is 0 Å². The Kier molecular flexibility index (Phi) is 3.29. The van der Waals surface area contributed by atoms with Crippen LogP contribution >= 0.6 is 34.8 Å². The van der Waals surface area contributed by atoms with Crippen molar-refractivity contribution in [3.05, 3.63) is 11.9 Å². The summed E-state index contributed by atoms with van der Waals surface area (Å²) in [5.74, 6) is -0.339. The SMILES string of the molecule is CC(=O)Oc1cn(C)nc1C(Cl)(Cl)Cl. The summed E-state index contributed by atoms with van der Waals surface area (Å²) in [7, 11) is 1.63. The number of carbonyl (C=O) groups excluding carboxylic acids is 1. The Morgan fingerprint density at radius 1 is 1.57 bits per heavy atom. The number of esters is 1. The normalized spacial score (nSPS) is 11.5. The number of ether oxygens (including phenoxy) is 1. The highest BCUT2D eigenvalue weighted by Crippen LogP contribution is 2.41. The van der Waals surface area contributed by atoms with Crippen LogP contribution in [0.3, 0.4) is 0 Å². The van der Waals surface area contributed by atoms with E-state index in [4.69, 9.17) is 39.5 Å². The zero-order valence-electron chi connectivity index (χ0n) is 7.42. The van der Waals surface area contributed by atoms with Crippen LogP contribution in [-0.4, -0.2) is 15.7 Å². The van der Waals surface area contributed by atoms with E-state index in [0.29, 0.717) is 0 Å². The molecule has 0 aliphatic carbocycles. The van der Waals surface area contributed by atoms with Crippen LogP contribution in [0, 0.1) is 0 Å². The molecule has 0 aliphatic heterocycles. The van der Waals surface area contributed by atoms with Crippen molar-refractivity contribution in [2.75, 3.05) is 0 Å². The molecule has 0 saturated carbocycles. The van der Waals surface area contributed by atoms with Gasteiger partial charge in [-0.2, -0.15) is 5.10 Å². The highest BCUT2D eigenvalue weighted by Gasteiger charge is 2.31. The number of hydrogen-bond donors (Lipinski definition) is 0. The van der Waals surface area contributed by atoms with Crippen molar-refractivity contribution in [1.29, 1.82) is 0 Å². The zero-order valence-corrected chi connectivity index (χ0v) is 9.69. The summed E-state index contributed by atoms with van der Waals surface area (Å²) in [6, 6.07) is 0. The standard InChI is InChI=1S/C7H7Cl3N2O2/c1-4(13)14-5-3-12(2)11-6(5)7(8,9)10/h3H,1-2H3. The van der Waals surface area contributed by atoms with Gasteiger partial charge in [0.2, 0.25) is 3.79 Å². The van der Waals surface area contributed by atoms with E-state index in [1.807, 2.05) is 0 Å². The van der Waals surface area contributed by atoms with Crippen LogP contribution in [-0.2, 0) is 15.6 Å². The molecule has 0 N–H and O–H groups in total. The van der Waals surface area contributed by atoms with Gasteiger partial charge in [-0.25, -0.2) is 0 Å². The van der Waals surface area contributed by atoms with Gasteiger partial charge in [-0.1, -0.05) is 34.8 Å². The Labute approximate surface area is 95.7 Å². The maximum absolute atomic E-state index is 10.7. The second-order valence-corrected chi connectivity index (χ2v) is 4.89. The summed E-state index contributed by atoms with van der Waals surface area (Å²) in [5, 5.41) is 3.88. The fourth-order valence-corrected chi connectivity index (χ4v) is 1.29. The Bertz CT molecular complexity index is 356. The fourth-order valence-electron chi connectivity index (χ4n) is 0.893. The molecule has 0 aromatic carbocycles. The highest BCUT2D eigenvalue weighted by atomic mass is 35.6. The fraction of sp³-hybridized carbons (Fsp3) is 0.429. The zero-order chi connectivity index (χ0) is 10.9. The van der Waals surface area contributed by atoms with E-state index in [1.54, 1.807) is 7.05 Å². The average molecular weight is 258 g/mol. The molecule has 78 valence electrons. The topological polar surface area (TPSA) is 44.1 Å². The molecule has 0 radical (unpaired) electrons. The average Bonchev–Trinajstić information content (AvgIpc) is 2.28. The molecule has 1 aromatic rings. The van der Waals surface area contributed by atoms with E-state index < -0.39 is 9.76 Å². The first-order valence-corrected chi connectivity index (χ1v) is 4.73. The van der Waals surface area contributed by atoms with Crippen molar-refractivity contribution >= 4 is 40.8 Å². The van der Waals surface area contributed by atoms with Crippen LogP contribution in [0.1, 0.15) is 12.6 Å². The monoisotopic (exact) mass is 256 g/mol. The predicted octanol–water partition coefficient (Wildman–Crippen LogP) is 2.17. The molecule has 4 nitrogen and oxygen atoms in total. The molecule has 7 heteroatoms. The number of carbonyl (C=O) groups is 1. The maximum atomic E-state index is 10.7. The number of halogens is 3. The van der Waals surface area contributed by atoms with Crippen LogP contribution in [0.15, 0.2) is 6.20 Å². The molecule has 0 amide bonds. The molecule has 14 heavy (non-hydrogen) atoms. The van der Waals surface area contributed by atoms with Crippen LogP contribution in [0.5, 0.6) is 5.75 Å². The molecule has 0 atom stereocenters. The number of aryl methyl sites for hydroxylation is 1. The third-order valence-corrected chi connectivity index (χ3v) is 1.85. The minimum Gasteiger partial charge on any atom is -0.423 e. The minimum absolute atomic E-state index is 0.0974. The second kappa shape index (κ2) is 3.96. The number of aromatic nitrogens is 2. The first kappa shape index (κ1) is 11.6. The largest absolute Gasteiger partial charge is 0.423 e. The summed E-state index contributed by atoms with van der Waals surface area (Å²) in [5.41, 5.74) is 0.0974. The van der Waals surface area contributed by atoms with E-state index in [-0.39, 0.29) is 11.4 Å². The van der Waals surface area contributed by atoms with Gasteiger partial charge in [0.05, 0.1) is 6.20 Å².